The summed E-state index contributed by atoms with van der Waals surface area (Å²) in [5.74, 6) is 1.68. The second-order valence-electron chi connectivity index (χ2n) is 2.93. The molecule has 0 bridgehead atoms. The molecule has 0 aliphatic rings. The van der Waals surface area contributed by atoms with Gasteiger partial charge in [-0.3, -0.25) is 0 Å². The summed E-state index contributed by atoms with van der Waals surface area (Å²) < 4.78 is 13.8. The average molecular weight is 278 g/mol. The predicted octanol–water partition coefficient (Wildman–Crippen LogP) is 3.17. The Morgan fingerprint density at radius 1 is 1.43 bits per heavy atom. The highest BCUT2D eigenvalue weighted by molar-refractivity contribution is 9.10. The summed E-state index contributed by atoms with van der Waals surface area (Å²) in [4.78, 5) is 0. The fourth-order valence-corrected chi connectivity index (χ4v) is 2.57. The van der Waals surface area contributed by atoms with E-state index in [0.29, 0.717) is 0 Å². The van der Waals surface area contributed by atoms with Gasteiger partial charge in [0.15, 0.2) is 0 Å². The molecule has 0 atom stereocenters. The van der Waals surface area contributed by atoms with E-state index in [1.807, 2.05) is 0 Å². The molecule has 0 aromatic heterocycles. The van der Waals surface area contributed by atoms with E-state index in [2.05, 4.69) is 15.9 Å². The lowest BCUT2D eigenvalue weighted by atomic mass is 10.2. The number of rotatable bonds is 5. The van der Waals surface area contributed by atoms with Crippen LogP contribution in [0, 0.1) is 5.82 Å². The Bertz CT molecular complexity index is 293. The molecule has 2 N–H and O–H groups in total. The highest BCUT2D eigenvalue weighted by Gasteiger charge is 2.01. The molecule has 0 aliphatic carbocycles. The van der Waals surface area contributed by atoms with Crippen LogP contribution in [0.2, 0.25) is 0 Å². The molecule has 0 fully saturated rings. The number of hydrogen-bond donors (Lipinski definition) is 1. The van der Waals surface area contributed by atoms with Gasteiger partial charge in [-0.2, -0.15) is 11.8 Å². The van der Waals surface area contributed by atoms with E-state index in [1.54, 1.807) is 23.9 Å². The molecule has 0 saturated carbocycles. The third kappa shape index (κ3) is 3.98. The molecule has 0 spiro atoms. The van der Waals surface area contributed by atoms with Crippen molar-refractivity contribution in [3.63, 3.8) is 0 Å². The van der Waals surface area contributed by atoms with Crippen LogP contribution in [-0.2, 0) is 5.75 Å². The normalized spacial score (nSPS) is 10.5. The first-order valence-corrected chi connectivity index (χ1v) is 6.40. The molecule has 4 heteroatoms. The summed E-state index contributed by atoms with van der Waals surface area (Å²) >= 11 is 5.17. The lowest BCUT2D eigenvalue weighted by Gasteiger charge is -2.04. The van der Waals surface area contributed by atoms with Gasteiger partial charge in [0.25, 0.3) is 0 Å². The van der Waals surface area contributed by atoms with Gasteiger partial charge in [0.2, 0.25) is 0 Å². The maximum absolute atomic E-state index is 12.9. The molecule has 1 rings (SSSR count). The minimum atomic E-state index is -0.178. The fourth-order valence-electron chi connectivity index (χ4n) is 1.02. The number of benzene rings is 1. The maximum atomic E-state index is 12.9. The predicted molar refractivity (Wildman–Crippen MR) is 63.9 cm³/mol. The molecule has 0 heterocycles. The minimum absolute atomic E-state index is 0.178. The van der Waals surface area contributed by atoms with Gasteiger partial charge in [-0.25, -0.2) is 4.39 Å². The number of thioether (sulfide) groups is 1. The van der Waals surface area contributed by atoms with E-state index in [1.165, 1.54) is 6.07 Å². The topological polar surface area (TPSA) is 26.0 Å². The molecule has 0 amide bonds. The van der Waals surface area contributed by atoms with Crippen LogP contribution in [-0.4, -0.2) is 12.3 Å². The SMILES string of the molecule is NCCCSCc1cc(F)ccc1Br. The second kappa shape index (κ2) is 6.43. The van der Waals surface area contributed by atoms with Gasteiger partial charge < -0.3 is 5.73 Å². The third-order valence-electron chi connectivity index (χ3n) is 1.76. The highest BCUT2D eigenvalue weighted by Crippen LogP contribution is 2.22. The number of halogens is 2. The van der Waals surface area contributed by atoms with Crippen LogP contribution in [0.25, 0.3) is 0 Å². The zero-order valence-electron chi connectivity index (χ0n) is 7.80. The van der Waals surface area contributed by atoms with Gasteiger partial charge in [-0.05, 0) is 42.5 Å². The molecule has 1 aromatic rings. The van der Waals surface area contributed by atoms with Crippen molar-refractivity contribution < 1.29 is 4.39 Å². The van der Waals surface area contributed by atoms with Crippen LogP contribution in [0.5, 0.6) is 0 Å². The van der Waals surface area contributed by atoms with E-state index in [0.717, 1.165) is 34.5 Å². The molecule has 0 radical (unpaired) electrons. The van der Waals surface area contributed by atoms with Crippen molar-refractivity contribution >= 4 is 27.7 Å². The smallest absolute Gasteiger partial charge is 0.123 e. The van der Waals surface area contributed by atoms with Gasteiger partial charge in [0, 0.05) is 10.2 Å². The molecule has 0 aliphatic heterocycles. The first-order valence-electron chi connectivity index (χ1n) is 4.46. The van der Waals surface area contributed by atoms with Crippen molar-refractivity contribution in [3.05, 3.63) is 34.1 Å². The van der Waals surface area contributed by atoms with Crippen molar-refractivity contribution in [3.8, 4) is 0 Å². The van der Waals surface area contributed by atoms with Gasteiger partial charge in [-0.1, -0.05) is 15.9 Å². The van der Waals surface area contributed by atoms with Crippen molar-refractivity contribution in [2.24, 2.45) is 5.73 Å². The standard InChI is InChI=1S/C10H13BrFNS/c11-10-3-2-9(12)6-8(10)7-14-5-1-4-13/h2-3,6H,1,4-5,7,13H2. The lowest BCUT2D eigenvalue weighted by Crippen LogP contribution is -1.99. The zero-order valence-corrected chi connectivity index (χ0v) is 10.2. The van der Waals surface area contributed by atoms with E-state index in [9.17, 15) is 4.39 Å². The van der Waals surface area contributed by atoms with Gasteiger partial charge >= 0.3 is 0 Å². The third-order valence-corrected chi connectivity index (χ3v) is 3.62. The van der Waals surface area contributed by atoms with E-state index in [4.69, 9.17) is 5.73 Å². The van der Waals surface area contributed by atoms with E-state index < -0.39 is 0 Å². The van der Waals surface area contributed by atoms with Crippen molar-refractivity contribution in [1.29, 1.82) is 0 Å². The Balaban J connectivity index is 2.45. The summed E-state index contributed by atoms with van der Waals surface area (Å²) in [6, 6.07) is 4.77. The van der Waals surface area contributed by atoms with Crippen molar-refractivity contribution in [2.45, 2.75) is 12.2 Å². The van der Waals surface area contributed by atoms with Crippen molar-refractivity contribution in [1.82, 2.24) is 0 Å². The fraction of sp³-hybridized carbons (Fsp3) is 0.400. The maximum Gasteiger partial charge on any atom is 0.123 e. The molecule has 1 aromatic carbocycles. The summed E-state index contributed by atoms with van der Waals surface area (Å²) in [6.07, 6.45) is 1.01. The van der Waals surface area contributed by atoms with E-state index >= 15 is 0 Å². The van der Waals surface area contributed by atoms with Crippen LogP contribution < -0.4 is 5.73 Å². The lowest BCUT2D eigenvalue weighted by molar-refractivity contribution is 0.626. The monoisotopic (exact) mass is 277 g/mol. The van der Waals surface area contributed by atoms with Crippen molar-refractivity contribution in [2.75, 3.05) is 12.3 Å². The summed E-state index contributed by atoms with van der Waals surface area (Å²) in [5.41, 5.74) is 6.39. The Labute approximate surface area is 96.4 Å². The Hall–Kier alpha value is -0.0600. The molecule has 0 saturated heterocycles. The van der Waals surface area contributed by atoms with Crippen LogP contribution in [0.1, 0.15) is 12.0 Å². The summed E-state index contributed by atoms with van der Waals surface area (Å²) in [5, 5.41) is 0. The molecule has 0 unspecified atom stereocenters. The van der Waals surface area contributed by atoms with Gasteiger partial charge in [-0.15, -0.1) is 0 Å². The van der Waals surface area contributed by atoms with Crippen LogP contribution in [0.3, 0.4) is 0 Å². The first-order chi connectivity index (χ1) is 6.74. The zero-order chi connectivity index (χ0) is 10.4. The number of hydrogen-bond acceptors (Lipinski definition) is 2. The Kier molecular flexibility index (Phi) is 5.52. The van der Waals surface area contributed by atoms with Gasteiger partial charge in [0.1, 0.15) is 5.82 Å². The molecule has 14 heavy (non-hydrogen) atoms. The molecule has 78 valence electrons. The molecular weight excluding hydrogens is 265 g/mol. The first kappa shape index (κ1) is 12.0. The number of nitrogens with two attached hydrogens (primary N) is 1. The quantitative estimate of drug-likeness (QED) is 0.837. The summed E-state index contributed by atoms with van der Waals surface area (Å²) in [7, 11) is 0. The molecular formula is C10H13BrFNS. The molecule has 1 nitrogen and oxygen atoms in total. The van der Waals surface area contributed by atoms with Crippen LogP contribution in [0.15, 0.2) is 22.7 Å². The second-order valence-corrected chi connectivity index (χ2v) is 4.89. The van der Waals surface area contributed by atoms with Crippen LogP contribution >= 0.6 is 27.7 Å². The largest absolute Gasteiger partial charge is 0.330 e. The Morgan fingerprint density at radius 2 is 2.21 bits per heavy atom. The average Bonchev–Trinajstić information content (AvgIpc) is 2.18. The Morgan fingerprint density at radius 3 is 2.93 bits per heavy atom. The highest BCUT2D eigenvalue weighted by atomic mass is 79.9. The minimum Gasteiger partial charge on any atom is -0.330 e. The van der Waals surface area contributed by atoms with Crippen LogP contribution in [0.4, 0.5) is 4.39 Å². The van der Waals surface area contributed by atoms with Gasteiger partial charge in [0.05, 0.1) is 0 Å². The summed E-state index contributed by atoms with van der Waals surface area (Å²) in [6.45, 7) is 0.720. The van der Waals surface area contributed by atoms with E-state index in [-0.39, 0.29) is 5.82 Å².